The van der Waals surface area contributed by atoms with Gasteiger partial charge >= 0.3 is 0 Å². The molecule has 0 saturated carbocycles. The minimum atomic E-state index is 0.141. The van der Waals surface area contributed by atoms with Gasteiger partial charge in [-0.15, -0.1) is 11.3 Å². The van der Waals surface area contributed by atoms with Gasteiger partial charge in [0.05, 0.1) is 11.4 Å². The predicted molar refractivity (Wildman–Crippen MR) is 68.4 cm³/mol. The fourth-order valence-corrected chi connectivity index (χ4v) is 2.47. The Morgan fingerprint density at radius 2 is 2.35 bits per heavy atom. The first kappa shape index (κ1) is 10.1. The molecule has 0 radical (unpaired) electrons. The van der Waals surface area contributed by atoms with Crippen molar-refractivity contribution in [3.8, 4) is 10.6 Å². The molecule has 3 rings (SSSR count). The van der Waals surface area contributed by atoms with Crippen molar-refractivity contribution in [2.75, 3.05) is 0 Å². The van der Waals surface area contributed by atoms with E-state index in [0.29, 0.717) is 6.54 Å². The summed E-state index contributed by atoms with van der Waals surface area (Å²) < 4.78 is 3.71. The molecule has 0 fully saturated rings. The van der Waals surface area contributed by atoms with Crippen LogP contribution < -0.4 is 5.73 Å². The van der Waals surface area contributed by atoms with Crippen LogP contribution in [0.2, 0.25) is 0 Å². The summed E-state index contributed by atoms with van der Waals surface area (Å²) in [6, 6.07) is 6.06. The second-order valence-electron chi connectivity index (χ2n) is 3.76. The molecule has 0 bridgehead atoms. The van der Waals surface area contributed by atoms with Crippen molar-refractivity contribution >= 4 is 22.8 Å². The lowest BCUT2D eigenvalue weighted by molar-refractivity contribution is 0.868. The minimum absolute atomic E-state index is 0.141. The van der Waals surface area contributed by atoms with Gasteiger partial charge in [0.15, 0.2) is 0 Å². The molecule has 0 saturated heterocycles. The average molecular weight is 245 g/mol. The smallest absolute Gasteiger partial charge is 0.136 e. The Morgan fingerprint density at radius 1 is 1.47 bits per heavy atom. The topological polar surface area (TPSA) is 72.1 Å². The minimum Gasteiger partial charge on any atom is -0.386 e. The Hall–Kier alpha value is -2.08. The summed E-state index contributed by atoms with van der Waals surface area (Å²) in [5, 5.41) is 13.8. The molecule has 0 aliphatic heterocycles. The zero-order chi connectivity index (χ0) is 11.8. The predicted octanol–water partition coefficient (Wildman–Crippen LogP) is 1.80. The number of hydrogen-bond donors (Lipinski definition) is 2. The van der Waals surface area contributed by atoms with Gasteiger partial charge in [-0.3, -0.25) is 5.41 Å². The molecule has 0 spiro atoms. The molecule has 86 valence electrons. The van der Waals surface area contributed by atoms with Gasteiger partial charge in [0.2, 0.25) is 0 Å². The van der Waals surface area contributed by atoms with Crippen molar-refractivity contribution in [3.63, 3.8) is 0 Å². The van der Waals surface area contributed by atoms with Crippen LogP contribution in [0.25, 0.3) is 16.2 Å². The van der Waals surface area contributed by atoms with Gasteiger partial charge in [-0.1, -0.05) is 6.07 Å². The molecule has 17 heavy (non-hydrogen) atoms. The Bertz CT molecular complexity index is 661. The maximum Gasteiger partial charge on any atom is 0.136 e. The molecule has 3 heterocycles. The number of fused-ring (bicyclic) bond motifs is 1. The highest BCUT2D eigenvalue weighted by molar-refractivity contribution is 7.13. The summed E-state index contributed by atoms with van der Waals surface area (Å²) in [4.78, 5) is 1.14. The summed E-state index contributed by atoms with van der Waals surface area (Å²) in [5.41, 5.74) is 7.31. The van der Waals surface area contributed by atoms with Crippen LogP contribution in [0.4, 0.5) is 0 Å². The zero-order valence-electron chi connectivity index (χ0n) is 9.00. The summed E-state index contributed by atoms with van der Waals surface area (Å²) in [5.74, 6) is 0.141. The number of thiophene rings is 1. The lowest BCUT2D eigenvalue weighted by Gasteiger charge is -1.99. The standard InChI is InChI=1S/C11H11N5S/c12-10(13)7-15-3-4-16-11(15)6-8(14-16)9-2-1-5-17-9/h1-6H,7H2,(H3,12,13). The van der Waals surface area contributed by atoms with E-state index in [0.717, 1.165) is 16.2 Å². The molecule has 3 aromatic heterocycles. The van der Waals surface area contributed by atoms with E-state index in [1.54, 1.807) is 15.9 Å². The molecule has 0 aliphatic carbocycles. The van der Waals surface area contributed by atoms with Crippen molar-refractivity contribution < 1.29 is 0 Å². The lowest BCUT2D eigenvalue weighted by atomic mass is 10.3. The highest BCUT2D eigenvalue weighted by atomic mass is 32.1. The molecule has 5 nitrogen and oxygen atoms in total. The van der Waals surface area contributed by atoms with Crippen molar-refractivity contribution in [1.82, 2.24) is 14.2 Å². The second-order valence-corrected chi connectivity index (χ2v) is 4.71. The Labute approximate surface area is 102 Å². The lowest BCUT2D eigenvalue weighted by Crippen LogP contribution is -2.17. The third-order valence-electron chi connectivity index (χ3n) is 2.51. The second kappa shape index (κ2) is 3.74. The van der Waals surface area contributed by atoms with Crippen molar-refractivity contribution in [3.05, 3.63) is 36.0 Å². The number of nitrogens with two attached hydrogens (primary N) is 1. The average Bonchev–Trinajstić information content (AvgIpc) is 2.93. The maximum atomic E-state index is 7.32. The number of hydrogen-bond acceptors (Lipinski definition) is 3. The van der Waals surface area contributed by atoms with E-state index in [1.807, 2.05) is 40.5 Å². The van der Waals surface area contributed by atoms with E-state index in [4.69, 9.17) is 11.1 Å². The monoisotopic (exact) mass is 245 g/mol. The molecule has 0 unspecified atom stereocenters. The quantitative estimate of drug-likeness (QED) is 0.545. The first-order valence-corrected chi connectivity index (χ1v) is 6.03. The van der Waals surface area contributed by atoms with Gasteiger partial charge in [-0.25, -0.2) is 4.52 Å². The van der Waals surface area contributed by atoms with Gasteiger partial charge in [-0.05, 0) is 11.4 Å². The highest BCUT2D eigenvalue weighted by Crippen LogP contribution is 2.24. The van der Waals surface area contributed by atoms with Crippen LogP contribution in [-0.4, -0.2) is 20.0 Å². The van der Waals surface area contributed by atoms with Gasteiger partial charge in [0.1, 0.15) is 17.2 Å². The van der Waals surface area contributed by atoms with Gasteiger partial charge in [0.25, 0.3) is 0 Å². The number of nitrogens with zero attached hydrogens (tertiary/aromatic N) is 3. The van der Waals surface area contributed by atoms with Crippen LogP contribution in [0.15, 0.2) is 36.0 Å². The number of aromatic nitrogens is 3. The zero-order valence-corrected chi connectivity index (χ0v) is 9.81. The number of nitrogens with one attached hydrogen (secondary N) is 1. The molecule has 6 heteroatoms. The largest absolute Gasteiger partial charge is 0.386 e. The summed E-state index contributed by atoms with van der Waals surface area (Å²) >= 11 is 1.66. The maximum absolute atomic E-state index is 7.32. The Balaban J connectivity index is 2.08. The summed E-state index contributed by atoms with van der Waals surface area (Å²) in [6.45, 7) is 0.395. The third kappa shape index (κ3) is 1.72. The summed E-state index contributed by atoms with van der Waals surface area (Å²) in [6.07, 6.45) is 3.75. The van der Waals surface area contributed by atoms with Crippen LogP contribution in [0, 0.1) is 5.41 Å². The fourth-order valence-electron chi connectivity index (χ4n) is 1.79. The number of rotatable bonds is 3. The fraction of sp³-hybridized carbons (Fsp3) is 0.0909. The molecule has 0 aliphatic rings. The van der Waals surface area contributed by atoms with E-state index in [-0.39, 0.29) is 5.84 Å². The van der Waals surface area contributed by atoms with Gasteiger partial charge in [0, 0.05) is 18.5 Å². The molecule has 3 aromatic rings. The summed E-state index contributed by atoms with van der Waals surface area (Å²) in [7, 11) is 0. The first-order valence-electron chi connectivity index (χ1n) is 5.15. The first-order chi connectivity index (χ1) is 8.24. The number of imidazole rings is 1. The van der Waals surface area contributed by atoms with E-state index in [9.17, 15) is 0 Å². The van der Waals surface area contributed by atoms with Gasteiger partial charge in [-0.2, -0.15) is 5.10 Å². The van der Waals surface area contributed by atoms with E-state index in [1.165, 1.54) is 0 Å². The SMILES string of the molecule is N=C(N)Cn1ccn2nc(-c3cccs3)cc12. The normalized spacial score (nSPS) is 11.1. The van der Waals surface area contributed by atoms with Gasteiger partial charge < -0.3 is 10.3 Å². The molecular formula is C11H11N5S. The Kier molecular flexibility index (Phi) is 2.22. The van der Waals surface area contributed by atoms with E-state index >= 15 is 0 Å². The highest BCUT2D eigenvalue weighted by Gasteiger charge is 2.08. The molecule has 0 atom stereocenters. The van der Waals surface area contributed by atoms with Crippen LogP contribution in [0.3, 0.4) is 0 Å². The number of amidine groups is 1. The molecule has 0 amide bonds. The van der Waals surface area contributed by atoms with Crippen molar-refractivity contribution in [2.24, 2.45) is 5.73 Å². The van der Waals surface area contributed by atoms with E-state index < -0.39 is 0 Å². The van der Waals surface area contributed by atoms with Crippen molar-refractivity contribution in [2.45, 2.75) is 6.54 Å². The van der Waals surface area contributed by atoms with Crippen LogP contribution in [0.5, 0.6) is 0 Å². The molecule has 3 N–H and O–H groups in total. The van der Waals surface area contributed by atoms with Crippen LogP contribution in [0.1, 0.15) is 0 Å². The van der Waals surface area contributed by atoms with Crippen molar-refractivity contribution in [1.29, 1.82) is 5.41 Å². The van der Waals surface area contributed by atoms with Crippen LogP contribution in [-0.2, 0) is 6.54 Å². The molecule has 0 aromatic carbocycles. The van der Waals surface area contributed by atoms with Crippen LogP contribution >= 0.6 is 11.3 Å². The van der Waals surface area contributed by atoms with E-state index in [2.05, 4.69) is 5.10 Å². The Morgan fingerprint density at radius 3 is 3.06 bits per heavy atom. The molecular weight excluding hydrogens is 234 g/mol. The third-order valence-corrected chi connectivity index (χ3v) is 3.40.